The van der Waals surface area contributed by atoms with Gasteiger partial charge in [0, 0.05) is 25.3 Å². The van der Waals surface area contributed by atoms with E-state index in [9.17, 15) is 0 Å². The van der Waals surface area contributed by atoms with Crippen molar-refractivity contribution >= 4 is 5.69 Å². The molecule has 0 aromatic heterocycles. The Labute approximate surface area is 85.7 Å². The summed E-state index contributed by atoms with van der Waals surface area (Å²) < 4.78 is 0. The quantitative estimate of drug-likeness (QED) is 0.679. The smallest absolute Gasteiger partial charge is 0.0414 e. The Balaban J connectivity index is 2.56. The molecule has 0 bridgehead atoms. The second-order valence-electron chi connectivity index (χ2n) is 4.31. The molecule has 0 aliphatic carbocycles. The van der Waals surface area contributed by atoms with E-state index in [0.717, 1.165) is 13.0 Å². The van der Waals surface area contributed by atoms with E-state index in [1.807, 2.05) is 0 Å². The van der Waals surface area contributed by atoms with Crippen molar-refractivity contribution in [1.82, 2.24) is 0 Å². The molecule has 76 valence electrons. The summed E-state index contributed by atoms with van der Waals surface area (Å²) in [6.07, 6.45) is 1.06. The van der Waals surface area contributed by atoms with Gasteiger partial charge in [0.2, 0.25) is 0 Å². The topological polar surface area (TPSA) is 29.3 Å². The van der Waals surface area contributed by atoms with Crippen LogP contribution in [0, 0.1) is 13.8 Å². The molecule has 2 rings (SSSR count). The normalized spacial score (nSPS) is 20.9. The third-order valence-corrected chi connectivity index (χ3v) is 3.23. The summed E-state index contributed by atoms with van der Waals surface area (Å²) in [5.74, 6) is 0. The maximum atomic E-state index is 6.10. The van der Waals surface area contributed by atoms with Crippen LogP contribution in [-0.2, 0) is 0 Å². The molecule has 1 aromatic carbocycles. The van der Waals surface area contributed by atoms with Crippen molar-refractivity contribution in [2.45, 2.75) is 26.3 Å². The first-order valence-corrected chi connectivity index (χ1v) is 5.17. The fraction of sp³-hybridized carbons (Fsp3) is 0.500. The molecule has 1 unspecified atom stereocenters. The van der Waals surface area contributed by atoms with Crippen LogP contribution in [0.5, 0.6) is 0 Å². The summed E-state index contributed by atoms with van der Waals surface area (Å²) in [5, 5.41) is 0. The molecule has 0 saturated heterocycles. The maximum Gasteiger partial charge on any atom is 0.0414 e. The molecule has 0 saturated carbocycles. The molecule has 0 fully saturated rings. The van der Waals surface area contributed by atoms with Gasteiger partial charge in [-0.3, -0.25) is 0 Å². The van der Waals surface area contributed by atoms with Gasteiger partial charge in [0.15, 0.2) is 0 Å². The fourth-order valence-corrected chi connectivity index (χ4v) is 2.06. The number of aryl methyl sites for hydroxylation is 2. The van der Waals surface area contributed by atoms with E-state index in [-0.39, 0.29) is 6.04 Å². The monoisotopic (exact) mass is 190 g/mol. The van der Waals surface area contributed by atoms with Crippen LogP contribution in [0.2, 0.25) is 0 Å². The molecule has 1 aromatic rings. The zero-order valence-corrected chi connectivity index (χ0v) is 9.17. The van der Waals surface area contributed by atoms with Crippen molar-refractivity contribution in [3.63, 3.8) is 0 Å². The number of nitrogens with two attached hydrogens (primary N) is 1. The van der Waals surface area contributed by atoms with Crippen molar-refractivity contribution < 1.29 is 0 Å². The van der Waals surface area contributed by atoms with E-state index in [1.165, 1.54) is 22.4 Å². The summed E-state index contributed by atoms with van der Waals surface area (Å²) >= 11 is 0. The molecule has 1 aliphatic rings. The number of hydrogen-bond acceptors (Lipinski definition) is 2. The van der Waals surface area contributed by atoms with Crippen molar-refractivity contribution in [2.24, 2.45) is 5.73 Å². The molecule has 1 heterocycles. The molecule has 1 atom stereocenters. The molecule has 0 amide bonds. The van der Waals surface area contributed by atoms with Crippen molar-refractivity contribution in [2.75, 3.05) is 18.5 Å². The molecule has 2 N–H and O–H groups in total. The van der Waals surface area contributed by atoms with Gasteiger partial charge in [-0.2, -0.15) is 0 Å². The van der Waals surface area contributed by atoms with Crippen LogP contribution in [0.15, 0.2) is 12.1 Å². The second kappa shape index (κ2) is 3.28. The predicted octanol–water partition coefficient (Wildman–Crippen LogP) is 2.14. The molecular weight excluding hydrogens is 172 g/mol. The third kappa shape index (κ3) is 1.40. The van der Waals surface area contributed by atoms with Gasteiger partial charge in [-0.15, -0.1) is 0 Å². The molecular formula is C12H18N2. The van der Waals surface area contributed by atoms with E-state index in [1.54, 1.807) is 0 Å². The molecule has 1 aliphatic heterocycles. The van der Waals surface area contributed by atoms with E-state index < -0.39 is 0 Å². The fourth-order valence-electron chi connectivity index (χ4n) is 2.06. The summed E-state index contributed by atoms with van der Waals surface area (Å²) in [6, 6.07) is 4.72. The minimum absolute atomic E-state index is 0.223. The number of rotatable bonds is 0. The van der Waals surface area contributed by atoms with Crippen molar-refractivity contribution in [1.29, 1.82) is 0 Å². The Hall–Kier alpha value is -1.02. The van der Waals surface area contributed by atoms with Crippen LogP contribution in [0.25, 0.3) is 0 Å². The lowest BCUT2D eigenvalue weighted by molar-refractivity contribution is 0.613. The van der Waals surface area contributed by atoms with E-state index in [0.29, 0.717) is 0 Å². The summed E-state index contributed by atoms with van der Waals surface area (Å²) in [4.78, 5) is 2.30. The Morgan fingerprint density at radius 2 is 1.93 bits per heavy atom. The first-order valence-electron chi connectivity index (χ1n) is 5.17. The first-order chi connectivity index (χ1) is 6.59. The standard InChI is InChI=1S/C12H18N2/c1-8-6-10-11(13)4-5-14(3)12(10)7-9(8)2/h6-7,11H,4-5,13H2,1-3H3. The third-order valence-electron chi connectivity index (χ3n) is 3.23. The Kier molecular flexibility index (Phi) is 2.23. The Morgan fingerprint density at radius 1 is 1.29 bits per heavy atom. The van der Waals surface area contributed by atoms with Gasteiger partial charge in [-0.05, 0) is 43.0 Å². The summed E-state index contributed by atoms with van der Waals surface area (Å²) in [7, 11) is 2.14. The number of hydrogen-bond donors (Lipinski definition) is 1. The van der Waals surface area contributed by atoms with Gasteiger partial charge in [-0.25, -0.2) is 0 Å². The summed E-state index contributed by atoms with van der Waals surface area (Å²) in [6.45, 7) is 5.37. The lowest BCUT2D eigenvalue weighted by Crippen LogP contribution is -2.30. The predicted molar refractivity (Wildman–Crippen MR) is 60.7 cm³/mol. The number of fused-ring (bicyclic) bond motifs is 1. The molecule has 2 heteroatoms. The highest BCUT2D eigenvalue weighted by molar-refractivity contribution is 5.59. The van der Waals surface area contributed by atoms with Gasteiger partial charge < -0.3 is 10.6 Å². The lowest BCUT2D eigenvalue weighted by atomic mass is 9.93. The highest BCUT2D eigenvalue weighted by Gasteiger charge is 2.20. The van der Waals surface area contributed by atoms with Crippen LogP contribution in [-0.4, -0.2) is 13.6 Å². The summed E-state index contributed by atoms with van der Waals surface area (Å²) in [5.41, 5.74) is 11.4. The van der Waals surface area contributed by atoms with Crippen LogP contribution in [0.1, 0.15) is 29.2 Å². The van der Waals surface area contributed by atoms with Gasteiger partial charge in [0.1, 0.15) is 0 Å². The highest BCUT2D eigenvalue weighted by atomic mass is 15.1. The van der Waals surface area contributed by atoms with E-state index in [4.69, 9.17) is 5.73 Å². The number of nitrogens with zero attached hydrogens (tertiary/aromatic N) is 1. The average Bonchev–Trinajstić information content (AvgIpc) is 2.15. The molecule has 0 radical (unpaired) electrons. The van der Waals surface area contributed by atoms with Gasteiger partial charge in [-0.1, -0.05) is 6.07 Å². The van der Waals surface area contributed by atoms with Crippen LogP contribution in [0.3, 0.4) is 0 Å². The second-order valence-corrected chi connectivity index (χ2v) is 4.31. The largest absolute Gasteiger partial charge is 0.374 e. The van der Waals surface area contributed by atoms with Gasteiger partial charge in [0.05, 0.1) is 0 Å². The average molecular weight is 190 g/mol. The maximum absolute atomic E-state index is 6.10. The lowest BCUT2D eigenvalue weighted by Gasteiger charge is -2.32. The van der Waals surface area contributed by atoms with Crippen LogP contribution >= 0.6 is 0 Å². The minimum atomic E-state index is 0.223. The zero-order valence-electron chi connectivity index (χ0n) is 9.17. The Bertz CT molecular complexity index is 323. The highest BCUT2D eigenvalue weighted by Crippen LogP contribution is 2.33. The van der Waals surface area contributed by atoms with Crippen LogP contribution < -0.4 is 10.6 Å². The van der Waals surface area contributed by atoms with Crippen LogP contribution in [0.4, 0.5) is 5.69 Å². The zero-order chi connectivity index (χ0) is 10.3. The molecule has 14 heavy (non-hydrogen) atoms. The van der Waals surface area contributed by atoms with E-state index in [2.05, 4.69) is 37.9 Å². The first kappa shape index (κ1) is 9.53. The minimum Gasteiger partial charge on any atom is -0.374 e. The number of anilines is 1. The molecule has 0 spiro atoms. The van der Waals surface area contributed by atoms with E-state index >= 15 is 0 Å². The van der Waals surface area contributed by atoms with Gasteiger partial charge >= 0.3 is 0 Å². The SMILES string of the molecule is Cc1cc2c(cc1C)N(C)CCC2N. The van der Waals surface area contributed by atoms with Crippen molar-refractivity contribution in [3.05, 3.63) is 28.8 Å². The van der Waals surface area contributed by atoms with Gasteiger partial charge in [0.25, 0.3) is 0 Å². The number of benzene rings is 1. The Morgan fingerprint density at radius 3 is 2.64 bits per heavy atom. The van der Waals surface area contributed by atoms with Crippen molar-refractivity contribution in [3.8, 4) is 0 Å². The molecule has 2 nitrogen and oxygen atoms in total.